The van der Waals surface area contributed by atoms with Crippen LogP contribution in [0.1, 0.15) is 12.7 Å². The minimum atomic E-state index is -0.441. The average molecular weight is 437 g/mol. The van der Waals surface area contributed by atoms with Crippen LogP contribution < -0.4 is 10.6 Å². The molecule has 1 aromatic carbocycles. The van der Waals surface area contributed by atoms with Gasteiger partial charge in [-0.1, -0.05) is 28.3 Å². The molecule has 144 valence electrons. The average Bonchev–Trinajstić information content (AvgIpc) is 3.28. The van der Waals surface area contributed by atoms with E-state index in [1.165, 1.54) is 16.9 Å². The quantitative estimate of drug-likeness (QED) is 0.463. The Kier molecular flexibility index (Phi) is 6.40. The van der Waals surface area contributed by atoms with Crippen molar-refractivity contribution in [2.45, 2.75) is 13.5 Å². The summed E-state index contributed by atoms with van der Waals surface area (Å²) in [5.41, 5.74) is 0.736. The van der Waals surface area contributed by atoms with E-state index < -0.39 is 5.91 Å². The third kappa shape index (κ3) is 5.38. The van der Waals surface area contributed by atoms with Gasteiger partial charge in [0.1, 0.15) is 11.5 Å². The number of amides is 1. The standard InChI is InChI=1S/C17H14Cl2N6O2S/c1-2-25-23-16(22-24-25)21-17(28)20-15(26)6-4-13-3-5-14(27-13)10-7-11(18)9-12(19)8-10/h3-9H,2H2,1H3,(H2,20,21,23,26,28)/b6-4+. The summed E-state index contributed by atoms with van der Waals surface area (Å²) < 4.78 is 5.68. The first-order valence-electron chi connectivity index (χ1n) is 8.07. The van der Waals surface area contributed by atoms with Crippen molar-refractivity contribution >= 4 is 58.5 Å². The van der Waals surface area contributed by atoms with E-state index in [1.807, 2.05) is 6.92 Å². The number of nitrogens with one attached hydrogen (secondary N) is 2. The van der Waals surface area contributed by atoms with E-state index in [0.29, 0.717) is 28.1 Å². The number of tetrazole rings is 1. The highest BCUT2D eigenvalue weighted by molar-refractivity contribution is 7.80. The van der Waals surface area contributed by atoms with Crippen molar-refractivity contribution in [1.29, 1.82) is 0 Å². The molecule has 0 saturated heterocycles. The molecule has 0 radical (unpaired) electrons. The number of anilines is 1. The first kappa shape index (κ1) is 20.0. The number of aryl methyl sites for hydroxylation is 1. The van der Waals surface area contributed by atoms with Gasteiger partial charge in [0.15, 0.2) is 5.11 Å². The molecule has 2 N–H and O–H groups in total. The van der Waals surface area contributed by atoms with Crippen LogP contribution in [0.2, 0.25) is 10.0 Å². The fraction of sp³-hybridized carbons (Fsp3) is 0.118. The van der Waals surface area contributed by atoms with Crippen LogP contribution in [0, 0.1) is 0 Å². The van der Waals surface area contributed by atoms with Crippen LogP contribution in [0.15, 0.2) is 40.8 Å². The Hall–Kier alpha value is -2.75. The van der Waals surface area contributed by atoms with Crippen LogP contribution in [-0.4, -0.2) is 31.2 Å². The predicted molar refractivity (Wildman–Crippen MR) is 111 cm³/mol. The zero-order valence-corrected chi connectivity index (χ0v) is 16.8. The second-order valence-corrected chi connectivity index (χ2v) is 6.72. The molecular weight excluding hydrogens is 423 g/mol. The molecule has 1 amide bonds. The Balaban J connectivity index is 1.58. The molecule has 0 saturated carbocycles. The number of rotatable bonds is 5. The van der Waals surface area contributed by atoms with Crippen LogP contribution in [0.25, 0.3) is 17.4 Å². The maximum Gasteiger partial charge on any atom is 0.269 e. The molecule has 2 aromatic heterocycles. The molecule has 0 bridgehead atoms. The van der Waals surface area contributed by atoms with Crippen LogP contribution in [0.5, 0.6) is 0 Å². The van der Waals surface area contributed by atoms with Gasteiger partial charge in [0, 0.05) is 21.7 Å². The van der Waals surface area contributed by atoms with Crippen LogP contribution in [0.4, 0.5) is 5.95 Å². The summed E-state index contributed by atoms with van der Waals surface area (Å²) in [5, 5.41) is 17.8. The van der Waals surface area contributed by atoms with Crippen LogP contribution in [0.3, 0.4) is 0 Å². The number of carbonyl (C=O) groups excluding carboxylic acids is 1. The van der Waals surface area contributed by atoms with Crippen molar-refractivity contribution in [3.8, 4) is 11.3 Å². The summed E-state index contributed by atoms with van der Waals surface area (Å²) in [6.45, 7) is 2.44. The first-order chi connectivity index (χ1) is 13.4. The van der Waals surface area contributed by atoms with Crippen molar-refractivity contribution in [3.05, 3.63) is 52.2 Å². The Labute approximate surface area is 175 Å². The summed E-state index contributed by atoms with van der Waals surface area (Å²) in [6, 6.07) is 8.58. The van der Waals surface area contributed by atoms with Crippen molar-refractivity contribution in [1.82, 2.24) is 25.5 Å². The fourth-order valence-electron chi connectivity index (χ4n) is 2.17. The molecule has 0 aliphatic heterocycles. The molecule has 28 heavy (non-hydrogen) atoms. The van der Waals surface area contributed by atoms with Crippen molar-refractivity contribution in [2.75, 3.05) is 5.32 Å². The number of carbonyl (C=O) groups is 1. The molecule has 0 aliphatic carbocycles. The summed E-state index contributed by atoms with van der Waals surface area (Å²) in [5.74, 6) is 0.815. The molecule has 0 fully saturated rings. The molecule has 0 spiro atoms. The van der Waals surface area contributed by atoms with Crippen LogP contribution >= 0.6 is 35.4 Å². The van der Waals surface area contributed by atoms with Gasteiger partial charge >= 0.3 is 0 Å². The number of halogens is 2. The molecule has 0 aliphatic rings. The highest BCUT2D eigenvalue weighted by atomic mass is 35.5. The topological polar surface area (TPSA) is 97.9 Å². The van der Waals surface area contributed by atoms with Gasteiger partial charge in [-0.25, -0.2) is 0 Å². The van der Waals surface area contributed by atoms with Gasteiger partial charge in [0.25, 0.3) is 5.95 Å². The molecule has 8 nitrogen and oxygen atoms in total. The second-order valence-electron chi connectivity index (χ2n) is 5.44. The lowest BCUT2D eigenvalue weighted by Gasteiger charge is -2.03. The highest BCUT2D eigenvalue weighted by Crippen LogP contribution is 2.28. The highest BCUT2D eigenvalue weighted by Gasteiger charge is 2.08. The smallest absolute Gasteiger partial charge is 0.269 e. The monoisotopic (exact) mass is 436 g/mol. The van der Waals surface area contributed by atoms with Crippen molar-refractivity contribution in [2.24, 2.45) is 0 Å². The molecule has 11 heteroatoms. The number of aromatic nitrogens is 4. The molecule has 3 aromatic rings. The van der Waals surface area contributed by atoms with Gasteiger partial charge in [-0.3, -0.25) is 15.4 Å². The molecule has 3 rings (SSSR count). The minimum absolute atomic E-state index is 0.0546. The van der Waals surface area contributed by atoms with Gasteiger partial charge in [-0.2, -0.15) is 4.80 Å². The zero-order chi connectivity index (χ0) is 20.1. The minimum Gasteiger partial charge on any atom is -0.457 e. The SMILES string of the molecule is CCn1nnc(NC(=S)NC(=O)/C=C/c2ccc(-c3cc(Cl)cc(Cl)c3)o2)n1. The number of furan rings is 1. The number of hydrogen-bond acceptors (Lipinski definition) is 6. The largest absolute Gasteiger partial charge is 0.457 e. The summed E-state index contributed by atoms with van der Waals surface area (Å²) in [7, 11) is 0. The molecular formula is C17H14Cl2N6O2S. The normalized spacial score (nSPS) is 11.0. The van der Waals surface area contributed by atoms with E-state index in [0.717, 1.165) is 5.56 Å². The first-order valence-corrected chi connectivity index (χ1v) is 9.23. The van der Waals surface area contributed by atoms with E-state index in [2.05, 4.69) is 26.0 Å². The number of hydrogen-bond donors (Lipinski definition) is 2. The van der Waals surface area contributed by atoms with E-state index in [1.54, 1.807) is 30.3 Å². The third-order valence-electron chi connectivity index (χ3n) is 3.37. The Morgan fingerprint density at radius 1 is 1.29 bits per heavy atom. The van der Waals surface area contributed by atoms with Gasteiger partial charge in [-0.05, 0) is 60.8 Å². The fourth-order valence-corrected chi connectivity index (χ4v) is 2.88. The lowest BCUT2D eigenvalue weighted by Crippen LogP contribution is -2.33. The second kappa shape index (κ2) is 8.96. The maximum atomic E-state index is 12.0. The van der Waals surface area contributed by atoms with Crippen LogP contribution in [-0.2, 0) is 11.3 Å². The van der Waals surface area contributed by atoms with Gasteiger partial charge in [-0.15, -0.1) is 5.10 Å². The lowest BCUT2D eigenvalue weighted by atomic mass is 10.2. The Bertz CT molecular complexity index is 1030. The van der Waals surface area contributed by atoms with E-state index in [4.69, 9.17) is 39.8 Å². The third-order valence-corrected chi connectivity index (χ3v) is 4.01. The number of thiocarbonyl (C=S) groups is 1. The summed E-state index contributed by atoms with van der Waals surface area (Å²) >= 11 is 17.0. The van der Waals surface area contributed by atoms with Gasteiger partial charge in [0.2, 0.25) is 5.91 Å². The summed E-state index contributed by atoms with van der Waals surface area (Å²) in [4.78, 5) is 13.4. The zero-order valence-electron chi connectivity index (χ0n) is 14.5. The van der Waals surface area contributed by atoms with E-state index >= 15 is 0 Å². The maximum absolute atomic E-state index is 12.0. The van der Waals surface area contributed by atoms with Gasteiger partial charge in [0.05, 0.1) is 6.54 Å². The molecule has 0 unspecified atom stereocenters. The van der Waals surface area contributed by atoms with Crippen molar-refractivity contribution < 1.29 is 9.21 Å². The number of benzene rings is 1. The predicted octanol–water partition coefficient (Wildman–Crippen LogP) is 3.79. The lowest BCUT2D eigenvalue weighted by molar-refractivity contribution is -0.115. The molecule has 2 heterocycles. The number of nitrogens with zero attached hydrogens (tertiary/aromatic N) is 4. The Morgan fingerprint density at radius 2 is 2.04 bits per heavy atom. The molecule has 0 atom stereocenters. The van der Waals surface area contributed by atoms with E-state index in [-0.39, 0.29) is 11.1 Å². The Morgan fingerprint density at radius 3 is 2.71 bits per heavy atom. The van der Waals surface area contributed by atoms with Crippen molar-refractivity contribution in [3.63, 3.8) is 0 Å². The van der Waals surface area contributed by atoms with Gasteiger partial charge < -0.3 is 4.42 Å². The van der Waals surface area contributed by atoms with E-state index in [9.17, 15) is 4.79 Å². The summed E-state index contributed by atoms with van der Waals surface area (Å²) in [6.07, 6.45) is 2.80.